The number of amides is 1. The highest BCUT2D eigenvalue weighted by atomic mass is 127. The van der Waals surface area contributed by atoms with Crippen molar-refractivity contribution < 1.29 is 22.7 Å². The summed E-state index contributed by atoms with van der Waals surface area (Å²) in [5, 5.41) is 8.28. The van der Waals surface area contributed by atoms with Crippen LogP contribution in [0.25, 0.3) is 0 Å². The van der Waals surface area contributed by atoms with Gasteiger partial charge in [-0.3, -0.25) is 4.99 Å². The molecule has 6 nitrogen and oxygen atoms in total. The van der Waals surface area contributed by atoms with Gasteiger partial charge in [-0.2, -0.15) is 13.2 Å². The van der Waals surface area contributed by atoms with Gasteiger partial charge >= 0.3 is 12.3 Å². The van der Waals surface area contributed by atoms with Crippen molar-refractivity contribution in [2.75, 3.05) is 19.6 Å². The summed E-state index contributed by atoms with van der Waals surface area (Å²) in [6.07, 6.45) is -4.17. The van der Waals surface area contributed by atoms with E-state index >= 15 is 0 Å². The molecule has 156 valence electrons. The van der Waals surface area contributed by atoms with Crippen molar-refractivity contribution >= 4 is 36.0 Å². The van der Waals surface area contributed by atoms with Crippen molar-refractivity contribution in [3.8, 4) is 0 Å². The number of alkyl carbamates (subject to hydrolysis) is 1. The topological polar surface area (TPSA) is 74.8 Å². The molecule has 1 atom stereocenters. The number of hydrogen-bond acceptors (Lipinski definition) is 3. The summed E-state index contributed by atoms with van der Waals surface area (Å²) < 4.78 is 41.9. The summed E-state index contributed by atoms with van der Waals surface area (Å²) in [5.41, 5.74) is -0.599. The minimum Gasteiger partial charge on any atom is -0.444 e. The predicted octanol–water partition coefficient (Wildman–Crippen LogP) is 3.81. The fourth-order valence-electron chi connectivity index (χ4n) is 1.90. The normalized spacial score (nSPS) is 13.5. The molecule has 0 radical (unpaired) electrons. The van der Waals surface area contributed by atoms with E-state index in [1.165, 1.54) is 0 Å². The number of guanidine groups is 1. The Morgan fingerprint density at radius 2 is 1.77 bits per heavy atom. The van der Waals surface area contributed by atoms with Gasteiger partial charge in [0.1, 0.15) is 5.60 Å². The molecule has 0 saturated carbocycles. The van der Waals surface area contributed by atoms with Crippen molar-refractivity contribution in [2.45, 2.75) is 71.7 Å². The average Bonchev–Trinajstić information content (AvgIpc) is 2.41. The van der Waals surface area contributed by atoms with Gasteiger partial charge in [0.15, 0.2) is 5.96 Å². The van der Waals surface area contributed by atoms with E-state index in [0.29, 0.717) is 18.9 Å². The summed E-state index contributed by atoms with van der Waals surface area (Å²) >= 11 is 0. The molecule has 0 aliphatic carbocycles. The third-order valence-corrected chi connectivity index (χ3v) is 2.87. The molecule has 0 fully saturated rings. The van der Waals surface area contributed by atoms with E-state index in [9.17, 15) is 18.0 Å². The monoisotopic (exact) mass is 496 g/mol. The van der Waals surface area contributed by atoms with E-state index in [2.05, 4.69) is 20.9 Å². The zero-order chi connectivity index (χ0) is 19.5. The van der Waals surface area contributed by atoms with E-state index in [0.717, 1.165) is 6.42 Å². The lowest BCUT2D eigenvalue weighted by Crippen LogP contribution is -2.43. The van der Waals surface area contributed by atoms with Gasteiger partial charge in [-0.05, 0) is 34.1 Å². The van der Waals surface area contributed by atoms with Crippen LogP contribution in [0.3, 0.4) is 0 Å². The molecule has 0 aromatic carbocycles. The Hall–Kier alpha value is -0.940. The van der Waals surface area contributed by atoms with Crippen LogP contribution in [0, 0.1) is 0 Å². The van der Waals surface area contributed by atoms with Crippen LogP contribution in [0.5, 0.6) is 0 Å². The molecule has 0 spiro atoms. The van der Waals surface area contributed by atoms with Crippen LogP contribution in [0.15, 0.2) is 4.99 Å². The standard InChI is InChI=1S/C16H31F3N4O2.HI/c1-6-8-12(23-14(24)25-15(3,4)5)11-22-13(20-7-2)21-10-9-16(17,18)19;/h12H,6-11H2,1-5H3,(H,23,24)(H2,20,21,22);1H. The second-order valence-corrected chi connectivity index (χ2v) is 6.64. The Labute approximate surface area is 171 Å². The molecule has 0 aliphatic heterocycles. The first-order valence-corrected chi connectivity index (χ1v) is 8.55. The Balaban J connectivity index is 0. The Morgan fingerprint density at radius 1 is 1.15 bits per heavy atom. The molecule has 1 amide bonds. The van der Waals surface area contributed by atoms with Gasteiger partial charge in [0.05, 0.1) is 19.0 Å². The van der Waals surface area contributed by atoms with Crippen LogP contribution in [-0.2, 0) is 4.74 Å². The van der Waals surface area contributed by atoms with Crippen LogP contribution in [0.1, 0.15) is 53.9 Å². The average molecular weight is 496 g/mol. The summed E-state index contributed by atoms with van der Waals surface area (Å²) in [4.78, 5) is 16.1. The maximum Gasteiger partial charge on any atom is 0.407 e. The molecule has 26 heavy (non-hydrogen) atoms. The Bertz CT molecular complexity index is 427. The fourth-order valence-corrected chi connectivity index (χ4v) is 1.90. The SMILES string of the molecule is CCCC(CN=C(NCC)NCCC(F)(F)F)NC(=O)OC(C)(C)C.I. The van der Waals surface area contributed by atoms with E-state index < -0.39 is 24.3 Å². The second kappa shape index (κ2) is 13.3. The number of nitrogens with zero attached hydrogens (tertiary/aromatic N) is 1. The van der Waals surface area contributed by atoms with Gasteiger partial charge in [0.25, 0.3) is 0 Å². The number of ether oxygens (including phenoxy) is 1. The Kier molecular flexibility index (Phi) is 13.9. The fraction of sp³-hybridized carbons (Fsp3) is 0.875. The van der Waals surface area contributed by atoms with Crippen LogP contribution >= 0.6 is 24.0 Å². The summed E-state index contributed by atoms with van der Waals surface area (Å²) in [7, 11) is 0. The zero-order valence-corrected chi connectivity index (χ0v) is 18.5. The number of carbonyl (C=O) groups excluding carboxylic acids is 1. The van der Waals surface area contributed by atoms with Gasteiger partial charge in [-0.1, -0.05) is 13.3 Å². The molecule has 3 N–H and O–H groups in total. The summed E-state index contributed by atoms with van der Waals surface area (Å²) in [6, 6.07) is -0.252. The van der Waals surface area contributed by atoms with Gasteiger partial charge in [-0.15, -0.1) is 24.0 Å². The lowest BCUT2D eigenvalue weighted by molar-refractivity contribution is -0.132. The summed E-state index contributed by atoms with van der Waals surface area (Å²) in [5.74, 6) is 0.291. The van der Waals surface area contributed by atoms with Crippen molar-refractivity contribution in [1.29, 1.82) is 0 Å². The highest BCUT2D eigenvalue weighted by Crippen LogP contribution is 2.18. The van der Waals surface area contributed by atoms with E-state index in [1.807, 2.05) is 13.8 Å². The van der Waals surface area contributed by atoms with Gasteiger partial charge in [-0.25, -0.2) is 4.79 Å². The van der Waals surface area contributed by atoms with Gasteiger partial charge < -0.3 is 20.7 Å². The molecule has 1 unspecified atom stereocenters. The maximum atomic E-state index is 12.2. The number of alkyl halides is 3. The molecule has 10 heteroatoms. The number of carbonyl (C=O) groups is 1. The number of halogens is 4. The summed E-state index contributed by atoms with van der Waals surface area (Å²) in [6.45, 7) is 9.62. The van der Waals surface area contributed by atoms with E-state index in [1.54, 1.807) is 20.8 Å². The van der Waals surface area contributed by atoms with Crippen molar-refractivity contribution in [1.82, 2.24) is 16.0 Å². The van der Waals surface area contributed by atoms with Crippen LogP contribution in [-0.4, -0.2) is 49.5 Å². The molecule has 0 saturated heterocycles. The first kappa shape index (κ1) is 27.3. The molecule has 0 aromatic rings. The van der Waals surface area contributed by atoms with Crippen LogP contribution in [0.4, 0.5) is 18.0 Å². The van der Waals surface area contributed by atoms with Crippen molar-refractivity contribution in [2.24, 2.45) is 4.99 Å². The third-order valence-electron chi connectivity index (χ3n) is 2.87. The molecule has 0 aromatic heterocycles. The third kappa shape index (κ3) is 16.5. The number of nitrogens with one attached hydrogen (secondary N) is 3. The zero-order valence-electron chi connectivity index (χ0n) is 16.1. The highest BCUT2D eigenvalue weighted by Gasteiger charge is 2.26. The quantitative estimate of drug-likeness (QED) is 0.272. The highest BCUT2D eigenvalue weighted by molar-refractivity contribution is 14.0. The van der Waals surface area contributed by atoms with Gasteiger partial charge in [0.2, 0.25) is 0 Å². The maximum absolute atomic E-state index is 12.2. The predicted molar refractivity (Wildman–Crippen MR) is 108 cm³/mol. The number of aliphatic imine (C=N–C) groups is 1. The lowest BCUT2D eigenvalue weighted by atomic mass is 10.1. The number of rotatable bonds is 8. The van der Waals surface area contributed by atoms with E-state index in [-0.39, 0.29) is 43.1 Å². The first-order chi connectivity index (χ1) is 11.5. The molecule has 0 rings (SSSR count). The van der Waals surface area contributed by atoms with Crippen molar-refractivity contribution in [3.63, 3.8) is 0 Å². The van der Waals surface area contributed by atoms with Crippen LogP contribution in [0.2, 0.25) is 0 Å². The smallest absolute Gasteiger partial charge is 0.407 e. The molecular formula is C16H32F3IN4O2. The molecule has 0 aliphatic rings. The second-order valence-electron chi connectivity index (χ2n) is 6.64. The number of hydrogen-bond donors (Lipinski definition) is 3. The van der Waals surface area contributed by atoms with E-state index in [4.69, 9.17) is 4.74 Å². The minimum atomic E-state index is -4.21. The molecule has 0 bridgehead atoms. The largest absolute Gasteiger partial charge is 0.444 e. The molecular weight excluding hydrogens is 464 g/mol. The Morgan fingerprint density at radius 3 is 2.23 bits per heavy atom. The molecule has 0 heterocycles. The lowest BCUT2D eigenvalue weighted by Gasteiger charge is -2.23. The minimum absolute atomic E-state index is 0. The van der Waals surface area contributed by atoms with Crippen LogP contribution < -0.4 is 16.0 Å². The van der Waals surface area contributed by atoms with Crippen molar-refractivity contribution in [3.05, 3.63) is 0 Å². The van der Waals surface area contributed by atoms with Gasteiger partial charge in [0, 0.05) is 13.1 Å². The first-order valence-electron chi connectivity index (χ1n) is 8.55.